The molecule has 0 spiro atoms. The summed E-state index contributed by atoms with van der Waals surface area (Å²) in [5.41, 5.74) is 0. The smallest absolute Gasteiger partial charge is 0.132 e. The van der Waals surface area contributed by atoms with Crippen LogP contribution in [-0.4, -0.2) is 42.9 Å². The predicted octanol–water partition coefficient (Wildman–Crippen LogP) is 2.59. The fourth-order valence-corrected chi connectivity index (χ4v) is 2.87. The first-order valence-electron chi connectivity index (χ1n) is 7.25. The average molecular weight is 267 g/mol. The molecule has 0 aliphatic carbocycles. The summed E-state index contributed by atoms with van der Waals surface area (Å²) in [5, 5.41) is 10.2. The van der Waals surface area contributed by atoms with Crippen molar-refractivity contribution >= 4 is 0 Å². The number of aliphatic hydroxyl groups excluding tert-OH is 1. The molecule has 0 saturated carbocycles. The van der Waals surface area contributed by atoms with Crippen LogP contribution in [-0.2, 0) is 4.74 Å². The van der Waals surface area contributed by atoms with E-state index in [2.05, 4.69) is 4.90 Å². The lowest BCUT2D eigenvalue weighted by Gasteiger charge is -2.25. The Balaban J connectivity index is 1.75. The van der Waals surface area contributed by atoms with Gasteiger partial charge in [0.2, 0.25) is 0 Å². The Morgan fingerprint density at radius 3 is 3.16 bits per heavy atom. The lowest BCUT2D eigenvalue weighted by atomic mass is 10.0. The molecule has 1 saturated heterocycles. The minimum atomic E-state index is -0.473. The highest BCUT2D eigenvalue weighted by Gasteiger charge is 2.27. The van der Waals surface area contributed by atoms with Crippen LogP contribution in [0.15, 0.2) is 22.8 Å². The van der Waals surface area contributed by atoms with Crippen molar-refractivity contribution < 1.29 is 14.3 Å². The van der Waals surface area contributed by atoms with E-state index in [1.807, 2.05) is 12.1 Å². The van der Waals surface area contributed by atoms with Gasteiger partial charge in [0.05, 0.1) is 6.26 Å². The number of hydrogen-bond donors (Lipinski definition) is 1. The van der Waals surface area contributed by atoms with Crippen LogP contribution in [0.1, 0.15) is 44.0 Å². The first kappa shape index (κ1) is 14.6. The molecule has 0 radical (unpaired) electrons. The van der Waals surface area contributed by atoms with Crippen LogP contribution in [0.25, 0.3) is 0 Å². The minimum Gasteiger partial charge on any atom is -0.467 e. The summed E-state index contributed by atoms with van der Waals surface area (Å²) < 4.78 is 10.3. The predicted molar refractivity (Wildman–Crippen MR) is 74.0 cm³/mol. The van der Waals surface area contributed by atoms with Gasteiger partial charge in [-0.05, 0) is 57.3 Å². The molecule has 1 aliphatic rings. The lowest BCUT2D eigenvalue weighted by molar-refractivity contribution is 0.0998. The number of furan rings is 1. The molecule has 0 amide bonds. The van der Waals surface area contributed by atoms with Gasteiger partial charge in [0.1, 0.15) is 11.9 Å². The van der Waals surface area contributed by atoms with Crippen molar-refractivity contribution in [3.8, 4) is 0 Å². The van der Waals surface area contributed by atoms with E-state index >= 15 is 0 Å². The van der Waals surface area contributed by atoms with E-state index in [0.717, 1.165) is 32.5 Å². The van der Waals surface area contributed by atoms with Gasteiger partial charge in [-0.3, -0.25) is 0 Å². The van der Waals surface area contributed by atoms with Crippen molar-refractivity contribution in [3.05, 3.63) is 24.2 Å². The molecule has 1 aromatic heterocycles. The maximum atomic E-state index is 10.2. The first-order chi connectivity index (χ1) is 9.31. The maximum absolute atomic E-state index is 10.2. The number of rotatable bonds is 8. The second-order valence-electron chi connectivity index (χ2n) is 5.30. The van der Waals surface area contributed by atoms with E-state index in [1.54, 1.807) is 13.4 Å². The van der Waals surface area contributed by atoms with Gasteiger partial charge in [-0.1, -0.05) is 0 Å². The molecule has 19 heavy (non-hydrogen) atoms. The highest BCUT2D eigenvalue weighted by molar-refractivity contribution is 5.02. The van der Waals surface area contributed by atoms with Gasteiger partial charge < -0.3 is 19.2 Å². The fourth-order valence-electron chi connectivity index (χ4n) is 2.87. The van der Waals surface area contributed by atoms with Crippen molar-refractivity contribution in [2.24, 2.45) is 0 Å². The van der Waals surface area contributed by atoms with Crippen LogP contribution < -0.4 is 0 Å². The molecular formula is C15H25NO3. The zero-order valence-electron chi connectivity index (χ0n) is 11.8. The number of likely N-dealkylation sites (tertiary alicyclic amines) is 1. The first-order valence-corrected chi connectivity index (χ1v) is 7.25. The van der Waals surface area contributed by atoms with Crippen LogP contribution in [0.3, 0.4) is 0 Å². The Labute approximate surface area is 115 Å². The van der Waals surface area contributed by atoms with Gasteiger partial charge >= 0.3 is 0 Å². The highest BCUT2D eigenvalue weighted by Crippen LogP contribution is 2.27. The van der Waals surface area contributed by atoms with Crippen LogP contribution in [0, 0.1) is 0 Å². The third-order valence-electron chi connectivity index (χ3n) is 3.91. The second-order valence-corrected chi connectivity index (χ2v) is 5.30. The van der Waals surface area contributed by atoms with Crippen LogP contribution in [0.5, 0.6) is 0 Å². The zero-order valence-corrected chi connectivity index (χ0v) is 11.8. The van der Waals surface area contributed by atoms with Gasteiger partial charge in [-0.2, -0.15) is 0 Å². The Bertz CT molecular complexity index is 339. The van der Waals surface area contributed by atoms with E-state index in [-0.39, 0.29) is 0 Å². The Kier molecular flexibility index (Phi) is 5.89. The summed E-state index contributed by atoms with van der Waals surface area (Å²) in [4.78, 5) is 2.50. The molecule has 0 aromatic carbocycles. The van der Waals surface area contributed by atoms with E-state index in [1.165, 1.54) is 19.3 Å². The summed E-state index contributed by atoms with van der Waals surface area (Å²) in [7, 11) is 1.75. The number of hydrogen-bond acceptors (Lipinski definition) is 4. The average Bonchev–Trinajstić information content (AvgIpc) is 3.06. The Morgan fingerprint density at radius 2 is 2.42 bits per heavy atom. The fraction of sp³-hybridized carbons (Fsp3) is 0.733. The zero-order chi connectivity index (χ0) is 13.5. The van der Waals surface area contributed by atoms with E-state index in [4.69, 9.17) is 9.15 Å². The largest absolute Gasteiger partial charge is 0.467 e. The summed E-state index contributed by atoms with van der Waals surface area (Å²) in [6.07, 6.45) is 6.62. The van der Waals surface area contributed by atoms with Crippen LogP contribution >= 0.6 is 0 Å². The van der Waals surface area contributed by atoms with Crippen LogP contribution in [0.2, 0.25) is 0 Å². The van der Waals surface area contributed by atoms with Gasteiger partial charge in [-0.15, -0.1) is 0 Å². The van der Waals surface area contributed by atoms with E-state index in [9.17, 15) is 5.11 Å². The quantitative estimate of drug-likeness (QED) is 0.735. The number of ether oxygens (including phenoxy) is 1. The Hall–Kier alpha value is -0.840. The Morgan fingerprint density at radius 1 is 1.53 bits per heavy atom. The molecule has 2 atom stereocenters. The van der Waals surface area contributed by atoms with Crippen molar-refractivity contribution in [1.82, 2.24) is 4.90 Å². The molecule has 0 bridgehead atoms. The molecule has 4 heteroatoms. The molecule has 4 nitrogen and oxygen atoms in total. The normalized spacial score (nSPS) is 21.9. The standard InChI is InChI=1S/C15H25NO3/c1-18-10-3-2-8-16-9-4-6-13(16)12-14(17)15-7-5-11-19-15/h5,7,11,13-14,17H,2-4,6,8-10,12H2,1H3. The SMILES string of the molecule is COCCCCN1CCCC1CC(O)c1ccco1. The number of aliphatic hydroxyl groups is 1. The van der Waals surface area contributed by atoms with Crippen molar-refractivity contribution in [2.45, 2.75) is 44.2 Å². The molecular weight excluding hydrogens is 242 g/mol. The molecule has 2 heterocycles. The molecule has 1 aromatic rings. The van der Waals surface area contributed by atoms with Gasteiger partial charge in [0, 0.05) is 19.8 Å². The maximum Gasteiger partial charge on any atom is 0.132 e. The van der Waals surface area contributed by atoms with Gasteiger partial charge in [0.15, 0.2) is 0 Å². The highest BCUT2D eigenvalue weighted by atomic mass is 16.5. The number of nitrogens with zero attached hydrogens (tertiary/aromatic N) is 1. The number of methoxy groups -OCH3 is 1. The van der Waals surface area contributed by atoms with E-state index < -0.39 is 6.10 Å². The van der Waals surface area contributed by atoms with Gasteiger partial charge in [-0.25, -0.2) is 0 Å². The number of unbranched alkanes of at least 4 members (excludes halogenated alkanes) is 1. The monoisotopic (exact) mass is 267 g/mol. The molecule has 2 rings (SSSR count). The topological polar surface area (TPSA) is 45.8 Å². The van der Waals surface area contributed by atoms with Crippen molar-refractivity contribution in [2.75, 3.05) is 26.8 Å². The molecule has 1 fully saturated rings. The van der Waals surface area contributed by atoms with Gasteiger partial charge in [0.25, 0.3) is 0 Å². The third kappa shape index (κ3) is 4.34. The van der Waals surface area contributed by atoms with Crippen LogP contribution in [0.4, 0.5) is 0 Å². The molecule has 108 valence electrons. The summed E-state index contributed by atoms with van der Waals surface area (Å²) in [6, 6.07) is 4.17. The summed E-state index contributed by atoms with van der Waals surface area (Å²) >= 11 is 0. The minimum absolute atomic E-state index is 0.473. The van der Waals surface area contributed by atoms with E-state index in [0.29, 0.717) is 11.8 Å². The third-order valence-corrected chi connectivity index (χ3v) is 3.91. The van der Waals surface area contributed by atoms with Crippen molar-refractivity contribution in [3.63, 3.8) is 0 Å². The summed E-state index contributed by atoms with van der Waals surface area (Å²) in [6.45, 7) is 3.11. The molecule has 1 N–H and O–H groups in total. The molecule has 1 aliphatic heterocycles. The summed E-state index contributed by atoms with van der Waals surface area (Å²) in [5.74, 6) is 0.686. The van der Waals surface area contributed by atoms with Crippen molar-refractivity contribution in [1.29, 1.82) is 0 Å². The molecule has 2 unspecified atom stereocenters. The second kappa shape index (κ2) is 7.68. The lowest BCUT2D eigenvalue weighted by Crippen LogP contribution is -2.31.